The highest BCUT2D eigenvalue weighted by atomic mass is 32.2. The topological polar surface area (TPSA) is 59.9 Å². The molecule has 0 saturated heterocycles. The van der Waals surface area contributed by atoms with Crippen LogP contribution in [0.4, 0.5) is 0 Å². The molecule has 0 aliphatic heterocycles. The minimum atomic E-state index is -2.91. The fourth-order valence-corrected chi connectivity index (χ4v) is 5.82. The van der Waals surface area contributed by atoms with E-state index in [0.717, 1.165) is 22.7 Å². The van der Waals surface area contributed by atoms with Gasteiger partial charge in [0.25, 0.3) is 0 Å². The molecule has 7 heteroatoms. The van der Waals surface area contributed by atoms with Gasteiger partial charge in [-0.05, 0) is 24.8 Å². The molecule has 4 nitrogen and oxygen atoms in total. The maximum Gasteiger partial charge on any atom is 0.148 e. The fourth-order valence-electron chi connectivity index (χ4n) is 2.30. The third-order valence-electron chi connectivity index (χ3n) is 3.16. The summed E-state index contributed by atoms with van der Waals surface area (Å²) in [4.78, 5) is 11.2. The van der Waals surface area contributed by atoms with Gasteiger partial charge in [0.1, 0.15) is 26.0 Å². The summed E-state index contributed by atoms with van der Waals surface area (Å²) in [6.07, 6.45) is 6.30. The number of sulfone groups is 1. The molecule has 2 aromatic rings. The lowest BCUT2D eigenvalue weighted by atomic mass is 10.2. The molecule has 0 saturated carbocycles. The third kappa shape index (κ3) is 2.78. The van der Waals surface area contributed by atoms with E-state index in [4.69, 9.17) is 0 Å². The number of thiophene rings is 1. The minimum absolute atomic E-state index is 0.190. The lowest BCUT2D eigenvalue weighted by Gasteiger charge is -2.03. The Morgan fingerprint density at radius 3 is 3.00 bits per heavy atom. The number of nitrogens with zero attached hydrogens (tertiary/aromatic N) is 2. The zero-order chi connectivity index (χ0) is 13.5. The fraction of sp³-hybridized carbons (Fsp3) is 0.500. The van der Waals surface area contributed by atoms with Gasteiger partial charge in [-0.1, -0.05) is 0 Å². The van der Waals surface area contributed by atoms with Crippen LogP contribution in [0.3, 0.4) is 0 Å². The predicted molar refractivity (Wildman–Crippen MR) is 79.9 cm³/mol. The molecular formula is C12H14N2O2S3. The summed E-state index contributed by atoms with van der Waals surface area (Å²) in [5, 5.41) is 2.10. The zero-order valence-corrected chi connectivity index (χ0v) is 13.0. The van der Waals surface area contributed by atoms with Crippen molar-refractivity contribution in [3.63, 3.8) is 0 Å². The van der Waals surface area contributed by atoms with Crippen LogP contribution in [0.5, 0.6) is 0 Å². The molecule has 102 valence electrons. The van der Waals surface area contributed by atoms with E-state index in [1.165, 1.54) is 40.3 Å². The Morgan fingerprint density at radius 2 is 2.21 bits per heavy atom. The van der Waals surface area contributed by atoms with Gasteiger partial charge < -0.3 is 0 Å². The van der Waals surface area contributed by atoms with Crippen LogP contribution >= 0.6 is 23.1 Å². The number of hydrogen-bond acceptors (Lipinski definition) is 6. The second-order valence-corrected chi connectivity index (χ2v) is 9.12. The number of hydrogen-bond donors (Lipinski definition) is 0. The van der Waals surface area contributed by atoms with Gasteiger partial charge in [0.15, 0.2) is 0 Å². The second kappa shape index (κ2) is 5.03. The molecule has 0 bridgehead atoms. The Morgan fingerprint density at radius 1 is 1.37 bits per heavy atom. The smallest absolute Gasteiger partial charge is 0.148 e. The van der Waals surface area contributed by atoms with E-state index < -0.39 is 9.84 Å². The summed E-state index contributed by atoms with van der Waals surface area (Å²) in [6, 6.07) is 0. The molecule has 2 heterocycles. The molecule has 0 radical (unpaired) electrons. The molecule has 0 fully saturated rings. The van der Waals surface area contributed by atoms with E-state index >= 15 is 0 Å². The Balaban J connectivity index is 1.91. The van der Waals surface area contributed by atoms with E-state index in [2.05, 4.69) is 9.97 Å². The molecular weight excluding hydrogens is 300 g/mol. The lowest BCUT2D eigenvalue weighted by Crippen LogP contribution is -2.05. The van der Waals surface area contributed by atoms with E-state index in [1.54, 1.807) is 17.7 Å². The van der Waals surface area contributed by atoms with Gasteiger partial charge in [-0.3, -0.25) is 0 Å². The van der Waals surface area contributed by atoms with Gasteiger partial charge in [0, 0.05) is 22.3 Å². The molecule has 0 aromatic carbocycles. The maximum absolute atomic E-state index is 11.2. The summed E-state index contributed by atoms with van der Waals surface area (Å²) in [5.41, 5.74) is 1.39. The quantitative estimate of drug-likeness (QED) is 0.640. The number of rotatable bonds is 4. The predicted octanol–water partition coefficient (Wildman–Crippen LogP) is 2.32. The van der Waals surface area contributed by atoms with Gasteiger partial charge in [-0.2, -0.15) is 0 Å². The maximum atomic E-state index is 11.2. The first-order valence-corrected chi connectivity index (χ1v) is 9.96. The first-order valence-electron chi connectivity index (χ1n) is 6.10. The van der Waals surface area contributed by atoms with Gasteiger partial charge >= 0.3 is 0 Å². The molecule has 0 amide bonds. The SMILES string of the molecule is CS(=O)(=O)CCSc1ncnc2sc3c(c12)CCC3. The Bertz CT molecular complexity index is 722. The van der Waals surface area contributed by atoms with Crippen LogP contribution in [0.2, 0.25) is 0 Å². The molecule has 0 unspecified atom stereocenters. The van der Waals surface area contributed by atoms with Crippen LogP contribution in [-0.2, 0) is 22.7 Å². The monoisotopic (exact) mass is 314 g/mol. The molecule has 0 spiro atoms. The van der Waals surface area contributed by atoms with Gasteiger partial charge in [0.05, 0.1) is 5.75 Å². The Hall–Kier alpha value is -0.660. The largest absolute Gasteiger partial charge is 0.229 e. The number of aromatic nitrogens is 2. The standard InChI is InChI=1S/C12H14N2O2S3/c1-19(15,16)6-5-17-11-10-8-3-2-4-9(8)18-12(10)14-7-13-11/h7H,2-6H2,1H3. The average Bonchev–Trinajstić information content (AvgIpc) is 2.86. The third-order valence-corrected chi connectivity index (χ3v) is 6.55. The first kappa shape index (κ1) is 13.3. The highest BCUT2D eigenvalue weighted by Gasteiger charge is 2.21. The first-order chi connectivity index (χ1) is 9.04. The van der Waals surface area contributed by atoms with Crippen LogP contribution in [0.25, 0.3) is 10.2 Å². The molecule has 0 atom stereocenters. The van der Waals surface area contributed by atoms with Crippen LogP contribution in [-0.4, -0.2) is 36.1 Å². The van der Waals surface area contributed by atoms with Gasteiger partial charge in [0.2, 0.25) is 0 Å². The Kier molecular flexibility index (Phi) is 3.53. The van der Waals surface area contributed by atoms with Crippen LogP contribution in [0, 0.1) is 0 Å². The van der Waals surface area contributed by atoms with Crippen molar-refractivity contribution in [1.29, 1.82) is 0 Å². The van der Waals surface area contributed by atoms with Crippen molar-refractivity contribution >= 4 is 43.2 Å². The highest BCUT2D eigenvalue weighted by molar-refractivity contribution is 8.00. The number of thioether (sulfide) groups is 1. The number of aryl methyl sites for hydroxylation is 2. The summed E-state index contributed by atoms with van der Waals surface area (Å²) in [7, 11) is -2.91. The summed E-state index contributed by atoms with van der Waals surface area (Å²) in [5.74, 6) is 0.741. The zero-order valence-electron chi connectivity index (χ0n) is 10.5. The number of fused-ring (bicyclic) bond motifs is 3. The van der Waals surface area contributed by atoms with Crippen molar-refractivity contribution in [3.8, 4) is 0 Å². The molecule has 3 rings (SSSR count). The lowest BCUT2D eigenvalue weighted by molar-refractivity contribution is 0.603. The summed E-state index contributed by atoms with van der Waals surface area (Å²) >= 11 is 3.28. The average molecular weight is 314 g/mol. The summed E-state index contributed by atoms with van der Waals surface area (Å²) < 4.78 is 22.4. The van der Waals surface area contributed by atoms with Crippen molar-refractivity contribution in [1.82, 2.24) is 9.97 Å². The van der Waals surface area contributed by atoms with Crippen LogP contribution in [0.1, 0.15) is 16.9 Å². The summed E-state index contributed by atoms with van der Waals surface area (Å²) in [6.45, 7) is 0. The van der Waals surface area contributed by atoms with Gasteiger partial charge in [-0.15, -0.1) is 23.1 Å². The second-order valence-electron chi connectivity index (χ2n) is 4.69. The highest BCUT2D eigenvalue weighted by Crippen LogP contribution is 2.39. The van der Waals surface area contributed by atoms with E-state index in [9.17, 15) is 8.42 Å². The molecule has 1 aliphatic rings. The van der Waals surface area contributed by atoms with Crippen molar-refractivity contribution in [2.75, 3.05) is 17.8 Å². The van der Waals surface area contributed by atoms with E-state index in [-0.39, 0.29) is 5.75 Å². The normalized spacial score (nSPS) is 15.0. The van der Waals surface area contributed by atoms with Crippen molar-refractivity contribution < 1.29 is 8.42 Å². The van der Waals surface area contributed by atoms with Crippen molar-refractivity contribution in [3.05, 3.63) is 16.8 Å². The Labute approximate surface area is 120 Å². The van der Waals surface area contributed by atoms with E-state index in [1.807, 2.05) is 0 Å². The van der Waals surface area contributed by atoms with Crippen LogP contribution < -0.4 is 0 Å². The molecule has 1 aliphatic carbocycles. The van der Waals surface area contributed by atoms with Crippen LogP contribution in [0.15, 0.2) is 11.4 Å². The van der Waals surface area contributed by atoms with E-state index in [0.29, 0.717) is 5.75 Å². The van der Waals surface area contributed by atoms with Crippen molar-refractivity contribution in [2.45, 2.75) is 24.3 Å². The molecule has 2 aromatic heterocycles. The molecule has 0 N–H and O–H groups in total. The van der Waals surface area contributed by atoms with Crippen molar-refractivity contribution in [2.24, 2.45) is 0 Å². The minimum Gasteiger partial charge on any atom is -0.229 e. The molecule has 19 heavy (non-hydrogen) atoms. The van der Waals surface area contributed by atoms with Gasteiger partial charge in [-0.25, -0.2) is 18.4 Å².